The van der Waals surface area contributed by atoms with E-state index >= 15 is 4.79 Å². The van der Waals surface area contributed by atoms with Gasteiger partial charge in [0.05, 0.1) is 22.7 Å². The van der Waals surface area contributed by atoms with E-state index in [1.807, 2.05) is 0 Å². The second kappa shape index (κ2) is 9.39. The summed E-state index contributed by atoms with van der Waals surface area (Å²) < 4.78 is 0. The topological polar surface area (TPSA) is 23.6 Å². The monoisotopic (exact) mass is 704 g/mol. The lowest BCUT2D eigenvalue weighted by Crippen LogP contribution is -2.65. The van der Waals surface area contributed by atoms with E-state index in [1.165, 1.54) is 76.6 Å². The summed E-state index contributed by atoms with van der Waals surface area (Å²) in [4.78, 5) is 20.6. The van der Waals surface area contributed by atoms with Crippen molar-refractivity contribution < 1.29 is 4.79 Å². The number of hydrogen-bond donors (Lipinski definition) is 0. The Labute approximate surface area is 322 Å². The average molecular weight is 704 g/mol. The summed E-state index contributed by atoms with van der Waals surface area (Å²) in [6.45, 7) is -0.0413. The Morgan fingerprint density at radius 3 is 1.27 bits per heavy atom. The molecule has 10 aromatic rings. The molecule has 0 atom stereocenters. The van der Waals surface area contributed by atoms with Crippen LogP contribution in [0, 0.1) is 0 Å². The molecule has 0 aliphatic carbocycles. The first-order chi connectivity index (χ1) is 27.7. The molecular formula is C51H26B2N2O. The van der Waals surface area contributed by atoms with Crippen LogP contribution in [0.3, 0.4) is 0 Å². The maximum atomic E-state index is 16.3. The highest BCUT2D eigenvalue weighted by Gasteiger charge is 2.52. The molecule has 0 spiro atoms. The van der Waals surface area contributed by atoms with Crippen molar-refractivity contribution in [2.75, 3.05) is 9.80 Å². The molecule has 2 amide bonds. The number of benzene rings is 10. The van der Waals surface area contributed by atoms with Crippen molar-refractivity contribution in [1.82, 2.24) is 0 Å². The quantitative estimate of drug-likeness (QED) is 0.145. The second-order valence-corrected chi connectivity index (χ2v) is 16.2. The molecule has 5 heterocycles. The molecule has 5 heteroatoms. The van der Waals surface area contributed by atoms with Crippen LogP contribution >= 0.6 is 0 Å². The summed E-state index contributed by atoms with van der Waals surface area (Å²) in [5.41, 5.74) is 16.5. The van der Waals surface area contributed by atoms with Gasteiger partial charge in [0.1, 0.15) is 0 Å². The van der Waals surface area contributed by atoms with Gasteiger partial charge in [0.15, 0.2) is 0 Å². The predicted octanol–water partition coefficient (Wildman–Crippen LogP) is 8.48. The fourth-order valence-corrected chi connectivity index (χ4v) is 11.9. The number of carbonyl (C=O) groups is 1. The fourth-order valence-electron chi connectivity index (χ4n) is 11.9. The van der Waals surface area contributed by atoms with Gasteiger partial charge in [0.25, 0.3) is 0 Å². The van der Waals surface area contributed by atoms with Crippen LogP contribution in [0.25, 0.3) is 76.1 Å². The van der Waals surface area contributed by atoms with Gasteiger partial charge in [-0.15, -0.1) is 0 Å². The lowest BCUT2D eigenvalue weighted by atomic mass is 9.31. The Morgan fingerprint density at radius 1 is 0.339 bits per heavy atom. The van der Waals surface area contributed by atoms with Gasteiger partial charge in [-0.3, -0.25) is 9.80 Å². The minimum atomic E-state index is -0.0207. The zero-order chi connectivity index (χ0) is 36.1. The lowest BCUT2D eigenvalue weighted by molar-refractivity contribution is 0.255. The van der Waals surface area contributed by atoms with Crippen LogP contribution in [0.15, 0.2) is 158 Å². The van der Waals surface area contributed by atoms with Gasteiger partial charge in [-0.25, -0.2) is 4.79 Å². The molecule has 0 saturated heterocycles. The van der Waals surface area contributed by atoms with Crippen LogP contribution in [0.2, 0.25) is 0 Å². The molecule has 0 unspecified atom stereocenters. The molecule has 0 N–H and O–H groups in total. The van der Waals surface area contributed by atoms with Crippen molar-refractivity contribution in [3.8, 4) is 22.3 Å². The Bertz CT molecular complexity index is 3370. The molecule has 0 saturated carbocycles. The zero-order valence-corrected chi connectivity index (χ0v) is 30.0. The maximum absolute atomic E-state index is 16.3. The van der Waals surface area contributed by atoms with E-state index in [0.717, 1.165) is 55.1 Å². The average Bonchev–Trinajstić information content (AvgIpc) is 3.25. The summed E-state index contributed by atoms with van der Waals surface area (Å²) >= 11 is 0. The van der Waals surface area contributed by atoms with E-state index in [9.17, 15) is 0 Å². The Morgan fingerprint density at radius 2 is 0.768 bits per heavy atom. The SMILES string of the molecule is O=C1N2c3c4c(cc5ccccc35)-c3cccc5cccc(c35)B4c3ccc4ccc5c(c4c32)N1c1c2c(cc3ccccc13)-c1cccc3cccc(c13)B52. The molecule has 5 aliphatic rings. The van der Waals surface area contributed by atoms with Crippen LogP contribution in [-0.2, 0) is 0 Å². The van der Waals surface area contributed by atoms with E-state index in [2.05, 4.69) is 168 Å². The number of fused-ring (bicyclic) bond motifs is 12. The molecule has 3 nitrogen and oxygen atoms in total. The highest BCUT2D eigenvalue weighted by molar-refractivity contribution is 7.03. The van der Waals surface area contributed by atoms with Gasteiger partial charge in [0, 0.05) is 16.2 Å². The largest absolute Gasteiger partial charge is 0.338 e. The zero-order valence-electron chi connectivity index (χ0n) is 30.0. The van der Waals surface area contributed by atoms with Crippen LogP contribution < -0.4 is 42.6 Å². The summed E-state index contributed by atoms with van der Waals surface area (Å²) in [6, 6.07) is 58.3. The maximum Gasteiger partial charge on any atom is 0.338 e. The van der Waals surface area contributed by atoms with Crippen molar-refractivity contribution in [3.05, 3.63) is 158 Å². The molecule has 56 heavy (non-hydrogen) atoms. The first-order valence-electron chi connectivity index (χ1n) is 19.6. The molecule has 0 fully saturated rings. The number of carbonyl (C=O) groups excluding carboxylic acids is 1. The summed E-state index contributed by atoms with van der Waals surface area (Å²) in [5.74, 6) is 0. The number of amides is 2. The minimum absolute atomic E-state index is 0.0122. The van der Waals surface area contributed by atoms with Crippen molar-refractivity contribution >= 4 is 129 Å². The molecule has 0 aromatic heterocycles. The van der Waals surface area contributed by atoms with Gasteiger partial charge in [-0.2, -0.15) is 0 Å². The number of nitrogens with zero attached hydrogens (tertiary/aromatic N) is 2. The third kappa shape index (κ3) is 3.02. The Hall–Kier alpha value is -7.10. The Balaban J connectivity index is 1.17. The number of anilines is 4. The lowest BCUT2D eigenvalue weighted by Gasteiger charge is -2.48. The molecule has 10 aromatic carbocycles. The molecule has 0 radical (unpaired) electrons. The van der Waals surface area contributed by atoms with Crippen LogP contribution in [0.5, 0.6) is 0 Å². The normalized spacial score (nSPS) is 14.7. The highest BCUT2D eigenvalue weighted by atomic mass is 16.2. The number of urea groups is 1. The second-order valence-electron chi connectivity index (χ2n) is 16.2. The fraction of sp³-hybridized carbons (Fsp3) is 0. The summed E-state index contributed by atoms with van der Waals surface area (Å²) in [5, 5.41) is 12.0. The van der Waals surface area contributed by atoms with Gasteiger partial charge < -0.3 is 0 Å². The summed E-state index contributed by atoms with van der Waals surface area (Å²) in [7, 11) is 0. The van der Waals surface area contributed by atoms with E-state index in [-0.39, 0.29) is 19.5 Å². The van der Waals surface area contributed by atoms with Crippen molar-refractivity contribution in [2.24, 2.45) is 0 Å². The predicted molar refractivity (Wildman–Crippen MR) is 237 cm³/mol. The first-order valence-corrected chi connectivity index (χ1v) is 19.6. The molecular weight excluding hydrogens is 678 g/mol. The molecule has 15 rings (SSSR count). The first kappa shape index (κ1) is 28.4. The number of hydrogen-bond acceptors (Lipinski definition) is 1. The van der Waals surface area contributed by atoms with E-state index in [1.54, 1.807) is 0 Å². The van der Waals surface area contributed by atoms with Crippen LogP contribution in [-0.4, -0.2) is 19.5 Å². The van der Waals surface area contributed by atoms with Crippen molar-refractivity contribution in [2.45, 2.75) is 0 Å². The molecule has 0 bridgehead atoms. The standard InChI is InChI=1S/C51H26B2N2O/c56-51-54-47-32-15-3-1-9-30(32)25-36-34-17-5-11-27-13-7-19-38(42(27)34)52(45(36)47)40-23-21-29-22-24-41-50(44(29)49(40)54)55(51)48-33-16-4-2-10-31(33)26-37-35-18-6-12-28-14-8-20-39(43(28)35)53(41)46(37)48/h1-26H. The van der Waals surface area contributed by atoms with E-state index < -0.39 is 0 Å². The van der Waals surface area contributed by atoms with Crippen LogP contribution in [0.1, 0.15) is 0 Å². The molecule has 252 valence electrons. The third-order valence-electron chi connectivity index (χ3n) is 13.9. The summed E-state index contributed by atoms with van der Waals surface area (Å²) in [6.07, 6.45) is 0. The van der Waals surface area contributed by atoms with E-state index in [0.29, 0.717) is 0 Å². The van der Waals surface area contributed by atoms with Gasteiger partial charge >= 0.3 is 6.03 Å². The third-order valence-corrected chi connectivity index (χ3v) is 13.9. The van der Waals surface area contributed by atoms with Crippen molar-refractivity contribution in [3.63, 3.8) is 0 Å². The van der Waals surface area contributed by atoms with Crippen molar-refractivity contribution in [1.29, 1.82) is 0 Å². The molecule has 5 aliphatic heterocycles. The van der Waals surface area contributed by atoms with Gasteiger partial charge in [0.2, 0.25) is 13.4 Å². The minimum Gasteiger partial charge on any atom is -0.262 e. The Kier molecular flexibility index (Phi) is 4.76. The van der Waals surface area contributed by atoms with Gasteiger partial charge in [-0.05, 0) is 93.9 Å². The highest BCUT2D eigenvalue weighted by Crippen LogP contribution is 2.52. The van der Waals surface area contributed by atoms with E-state index in [4.69, 9.17) is 0 Å². The smallest absolute Gasteiger partial charge is 0.262 e. The number of rotatable bonds is 0. The van der Waals surface area contributed by atoms with Gasteiger partial charge in [-0.1, -0.05) is 157 Å². The van der Waals surface area contributed by atoms with Crippen LogP contribution in [0.4, 0.5) is 27.5 Å².